The highest BCUT2D eigenvalue weighted by Gasteiger charge is 2.17. The Hall–Kier alpha value is -3.94. The van der Waals surface area contributed by atoms with Crippen molar-refractivity contribution < 1.29 is 19.3 Å². The number of nitrogens with one attached hydrogen (secondary N) is 1. The molecule has 2 aromatic carbocycles. The maximum Gasteiger partial charge on any atom is 0.231 e. The van der Waals surface area contributed by atoms with E-state index in [4.69, 9.17) is 19.2 Å². The number of imidazole rings is 1. The molecule has 0 radical (unpaired) electrons. The van der Waals surface area contributed by atoms with Crippen LogP contribution in [-0.4, -0.2) is 32.9 Å². The van der Waals surface area contributed by atoms with E-state index in [1.165, 1.54) is 0 Å². The Kier molecular flexibility index (Phi) is 4.51. The molecule has 30 heavy (non-hydrogen) atoms. The van der Waals surface area contributed by atoms with Crippen LogP contribution in [0.25, 0.3) is 16.9 Å². The lowest BCUT2D eigenvalue weighted by atomic mass is 10.1. The number of hydrogen-bond acceptors (Lipinski definition) is 7. The highest BCUT2D eigenvalue weighted by atomic mass is 16.7. The molecule has 152 valence electrons. The second kappa shape index (κ2) is 7.47. The monoisotopic (exact) mass is 404 g/mol. The summed E-state index contributed by atoms with van der Waals surface area (Å²) in [5.41, 5.74) is 3.33. The van der Waals surface area contributed by atoms with Gasteiger partial charge in [0.25, 0.3) is 0 Å². The molecule has 0 atom stereocenters. The largest absolute Gasteiger partial charge is 0.504 e. The van der Waals surface area contributed by atoms with Gasteiger partial charge in [0.1, 0.15) is 11.5 Å². The van der Waals surface area contributed by atoms with E-state index in [1.807, 2.05) is 41.8 Å². The third-order valence-corrected chi connectivity index (χ3v) is 4.86. The summed E-state index contributed by atoms with van der Waals surface area (Å²) in [6.45, 7) is 3.15. The number of rotatable bonds is 6. The number of ether oxygens (including phenoxy) is 3. The molecule has 0 aliphatic carbocycles. The van der Waals surface area contributed by atoms with Crippen molar-refractivity contribution in [3.8, 4) is 34.3 Å². The number of nitrogens with zero attached hydrogens (tertiary/aromatic N) is 3. The summed E-state index contributed by atoms with van der Waals surface area (Å²) >= 11 is 0. The molecule has 1 aliphatic heterocycles. The van der Waals surface area contributed by atoms with Gasteiger partial charge >= 0.3 is 0 Å². The quantitative estimate of drug-likeness (QED) is 0.505. The number of hydrogen-bond donors (Lipinski definition) is 2. The molecule has 0 saturated carbocycles. The summed E-state index contributed by atoms with van der Waals surface area (Å²) in [7, 11) is 0. The molecule has 2 N–H and O–H groups in total. The number of phenols is 1. The van der Waals surface area contributed by atoms with Crippen molar-refractivity contribution >= 4 is 11.5 Å². The van der Waals surface area contributed by atoms with E-state index in [1.54, 1.807) is 24.5 Å². The fourth-order valence-corrected chi connectivity index (χ4v) is 3.45. The molecule has 1 aliphatic rings. The van der Waals surface area contributed by atoms with Crippen molar-refractivity contribution in [2.75, 3.05) is 18.7 Å². The van der Waals surface area contributed by atoms with Gasteiger partial charge in [0, 0.05) is 24.5 Å². The fourth-order valence-electron chi connectivity index (χ4n) is 3.45. The average molecular weight is 404 g/mol. The van der Waals surface area contributed by atoms with Gasteiger partial charge in [0.15, 0.2) is 28.6 Å². The van der Waals surface area contributed by atoms with E-state index in [0.29, 0.717) is 24.5 Å². The Bertz CT molecular complexity index is 1220. The van der Waals surface area contributed by atoms with Crippen LogP contribution in [0.15, 0.2) is 55.0 Å². The minimum Gasteiger partial charge on any atom is -0.504 e. The zero-order chi connectivity index (χ0) is 20.5. The highest BCUT2D eigenvalue weighted by molar-refractivity contribution is 5.77. The molecule has 0 bridgehead atoms. The Morgan fingerprint density at radius 2 is 2.07 bits per heavy atom. The van der Waals surface area contributed by atoms with Gasteiger partial charge in [0.05, 0.1) is 12.8 Å². The Morgan fingerprint density at radius 1 is 1.17 bits per heavy atom. The van der Waals surface area contributed by atoms with E-state index in [-0.39, 0.29) is 12.5 Å². The van der Waals surface area contributed by atoms with Crippen molar-refractivity contribution in [1.29, 1.82) is 0 Å². The summed E-state index contributed by atoms with van der Waals surface area (Å²) in [6, 6.07) is 11.1. The first-order valence-corrected chi connectivity index (χ1v) is 9.63. The van der Waals surface area contributed by atoms with Gasteiger partial charge in [-0.1, -0.05) is 6.07 Å². The summed E-state index contributed by atoms with van der Waals surface area (Å²) < 4.78 is 18.3. The first kappa shape index (κ1) is 18.1. The standard InChI is InChI=1S/C22H20N4O4/c1-2-28-18-10-15(4-5-16(18)27)21-22(26-8-7-23-12-20(26)25-21)24-11-14-3-6-17-19(9-14)30-13-29-17/h3-10,12,24,27H,2,11,13H2,1H3. The van der Waals surface area contributed by atoms with E-state index < -0.39 is 0 Å². The molecule has 8 heteroatoms. The SMILES string of the molecule is CCOc1cc(-c2nc3cnccn3c2NCc2ccc3c(c2)OCO3)ccc1O. The van der Waals surface area contributed by atoms with E-state index in [9.17, 15) is 5.11 Å². The first-order chi connectivity index (χ1) is 14.7. The van der Waals surface area contributed by atoms with Crippen molar-refractivity contribution in [2.24, 2.45) is 0 Å². The number of benzene rings is 2. The van der Waals surface area contributed by atoms with Crippen molar-refractivity contribution in [3.05, 3.63) is 60.6 Å². The van der Waals surface area contributed by atoms with Crippen molar-refractivity contribution in [2.45, 2.75) is 13.5 Å². The highest BCUT2D eigenvalue weighted by Crippen LogP contribution is 2.36. The van der Waals surface area contributed by atoms with Gasteiger partial charge in [-0.25, -0.2) is 4.98 Å². The van der Waals surface area contributed by atoms with Crippen LogP contribution in [0.2, 0.25) is 0 Å². The van der Waals surface area contributed by atoms with Gasteiger partial charge < -0.3 is 24.6 Å². The second-order valence-electron chi connectivity index (χ2n) is 6.77. The van der Waals surface area contributed by atoms with Crippen LogP contribution in [0, 0.1) is 0 Å². The van der Waals surface area contributed by atoms with Gasteiger partial charge in [0.2, 0.25) is 6.79 Å². The van der Waals surface area contributed by atoms with Crippen LogP contribution >= 0.6 is 0 Å². The van der Waals surface area contributed by atoms with Crippen LogP contribution < -0.4 is 19.5 Å². The molecule has 8 nitrogen and oxygen atoms in total. The molecule has 3 heterocycles. The van der Waals surface area contributed by atoms with Crippen LogP contribution in [0.1, 0.15) is 12.5 Å². The third-order valence-electron chi connectivity index (χ3n) is 4.86. The van der Waals surface area contributed by atoms with Crippen LogP contribution in [-0.2, 0) is 6.54 Å². The molecule has 5 rings (SSSR count). The minimum atomic E-state index is 0.0981. The summed E-state index contributed by atoms with van der Waals surface area (Å²) in [5.74, 6) is 2.84. The summed E-state index contributed by atoms with van der Waals surface area (Å²) in [4.78, 5) is 8.91. The van der Waals surface area contributed by atoms with Gasteiger partial charge in [-0.2, -0.15) is 0 Å². The van der Waals surface area contributed by atoms with Crippen molar-refractivity contribution in [3.63, 3.8) is 0 Å². The van der Waals surface area contributed by atoms with E-state index >= 15 is 0 Å². The second-order valence-corrected chi connectivity index (χ2v) is 6.77. The predicted octanol–water partition coefficient (Wildman–Crippen LogP) is 3.84. The molecule has 4 aromatic rings. The van der Waals surface area contributed by atoms with E-state index in [0.717, 1.165) is 34.1 Å². The topological polar surface area (TPSA) is 90.1 Å². The number of aromatic hydroxyl groups is 1. The Labute approximate surface area is 172 Å². The molecular formula is C22H20N4O4. The number of fused-ring (bicyclic) bond motifs is 2. The number of anilines is 1. The van der Waals surface area contributed by atoms with Crippen LogP contribution in [0.5, 0.6) is 23.0 Å². The summed E-state index contributed by atoms with van der Waals surface area (Å²) in [6.07, 6.45) is 5.28. The Morgan fingerprint density at radius 3 is 2.97 bits per heavy atom. The molecule has 0 saturated heterocycles. The van der Waals surface area contributed by atoms with E-state index in [2.05, 4.69) is 10.3 Å². The lowest BCUT2D eigenvalue weighted by molar-refractivity contribution is 0.174. The van der Waals surface area contributed by atoms with Gasteiger partial charge in [-0.3, -0.25) is 9.38 Å². The lowest BCUT2D eigenvalue weighted by Gasteiger charge is -2.11. The van der Waals surface area contributed by atoms with Crippen molar-refractivity contribution in [1.82, 2.24) is 14.4 Å². The molecule has 0 amide bonds. The Balaban J connectivity index is 1.52. The third kappa shape index (κ3) is 3.22. The molecule has 0 unspecified atom stereocenters. The van der Waals surface area contributed by atoms with Crippen LogP contribution in [0.3, 0.4) is 0 Å². The molecular weight excluding hydrogens is 384 g/mol. The predicted molar refractivity (Wildman–Crippen MR) is 111 cm³/mol. The molecule has 0 spiro atoms. The lowest BCUT2D eigenvalue weighted by Crippen LogP contribution is -2.03. The minimum absolute atomic E-state index is 0.0981. The smallest absolute Gasteiger partial charge is 0.231 e. The fraction of sp³-hybridized carbons (Fsp3) is 0.182. The normalized spacial score (nSPS) is 12.3. The number of phenolic OH excluding ortho intramolecular Hbond substituents is 1. The maximum atomic E-state index is 10.1. The first-order valence-electron chi connectivity index (χ1n) is 9.63. The number of aromatic nitrogens is 3. The van der Waals surface area contributed by atoms with Crippen LogP contribution in [0.4, 0.5) is 5.82 Å². The van der Waals surface area contributed by atoms with Gasteiger partial charge in [-0.05, 0) is 42.8 Å². The van der Waals surface area contributed by atoms with Gasteiger partial charge in [-0.15, -0.1) is 0 Å². The zero-order valence-corrected chi connectivity index (χ0v) is 16.3. The zero-order valence-electron chi connectivity index (χ0n) is 16.3. The molecule has 0 fully saturated rings. The maximum absolute atomic E-state index is 10.1. The molecule has 2 aromatic heterocycles. The summed E-state index contributed by atoms with van der Waals surface area (Å²) in [5, 5.41) is 13.5. The average Bonchev–Trinajstić information content (AvgIpc) is 3.38.